The zero-order valence-corrected chi connectivity index (χ0v) is 15.6. The second-order valence-electron chi connectivity index (χ2n) is 7.94. The Kier molecular flexibility index (Phi) is 4.58. The quantitative estimate of drug-likeness (QED) is 0.816. The Balaban J connectivity index is 1.55. The highest BCUT2D eigenvalue weighted by atomic mass is 16.5. The molecule has 0 unspecified atom stereocenters. The lowest BCUT2D eigenvalue weighted by Crippen LogP contribution is -2.53. The molecule has 0 bridgehead atoms. The lowest BCUT2D eigenvalue weighted by Gasteiger charge is -2.41. The number of fused-ring (bicyclic) bond motifs is 1. The van der Waals surface area contributed by atoms with E-state index in [1.165, 1.54) is 19.4 Å². The summed E-state index contributed by atoms with van der Waals surface area (Å²) >= 11 is 0. The fourth-order valence-corrected chi connectivity index (χ4v) is 4.70. The molecule has 138 valence electrons. The van der Waals surface area contributed by atoms with Gasteiger partial charge in [0.05, 0.1) is 17.8 Å². The van der Waals surface area contributed by atoms with Crippen molar-refractivity contribution in [3.63, 3.8) is 0 Å². The highest BCUT2D eigenvalue weighted by molar-refractivity contribution is 5.93. The van der Waals surface area contributed by atoms with Gasteiger partial charge in [-0.2, -0.15) is 5.10 Å². The van der Waals surface area contributed by atoms with Gasteiger partial charge in [-0.15, -0.1) is 0 Å². The van der Waals surface area contributed by atoms with Crippen LogP contribution in [0, 0.1) is 18.8 Å². The molecule has 0 spiro atoms. The number of aryl methyl sites for hydroxylation is 2. The summed E-state index contributed by atoms with van der Waals surface area (Å²) in [6.45, 7) is 8.75. The Morgan fingerprint density at radius 2 is 2.12 bits per heavy atom. The van der Waals surface area contributed by atoms with Crippen LogP contribution in [0.5, 0.6) is 0 Å². The van der Waals surface area contributed by atoms with Gasteiger partial charge >= 0.3 is 0 Å². The van der Waals surface area contributed by atoms with Crippen LogP contribution in [0.4, 0.5) is 0 Å². The molecule has 1 aromatic heterocycles. The summed E-state index contributed by atoms with van der Waals surface area (Å²) in [5, 5.41) is 4.46. The molecule has 25 heavy (non-hydrogen) atoms. The number of methoxy groups -OCH3 is 1. The first-order valence-electron chi connectivity index (χ1n) is 9.71. The van der Waals surface area contributed by atoms with E-state index < -0.39 is 0 Å². The Bertz CT molecular complexity index is 639. The summed E-state index contributed by atoms with van der Waals surface area (Å²) in [5.74, 6) is 1.45. The molecule has 3 aliphatic rings. The summed E-state index contributed by atoms with van der Waals surface area (Å²) in [7, 11) is 1.82. The number of carbonyl (C=O) groups is 1. The summed E-state index contributed by atoms with van der Waals surface area (Å²) in [6.07, 6.45) is 3.95. The van der Waals surface area contributed by atoms with E-state index in [-0.39, 0.29) is 18.1 Å². The number of likely N-dealkylation sites (tertiary alicyclic amines) is 2. The van der Waals surface area contributed by atoms with Crippen LogP contribution in [0.2, 0.25) is 0 Å². The van der Waals surface area contributed by atoms with Crippen molar-refractivity contribution in [2.45, 2.75) is 51.8 Å². The molecular weight excluding hydrogens is 316 g/mol. The summed E-state index contributed by atoms with van der Waals surface area (Å²) in [4.78, 5) is 17.9. The van der Waals surface area contributed by atoms with Crippen molar-refractivity contribution < 1.29 is 9.53 Å². The van der Waals surface area contributed by atoms with Gasteiger partial charge in [0.15, 0.2) is 0 Å². The van der Waals surface area contributed by atoms with Crippen LogP contribution in [-0.4, -0.2) is 70.9 Å². The molecule has 3 atom stereocenters. The number of hydrogen-bond donors (Lipinski definition) is 0. The third kappa shape index (κ3) is 3.22. The van der Waals surface area contributed by atoms with E-state index in [4.69, 9.17) is 4.74 Å². The van der Waals surface area contributed by atoms with Crippen molar-refractivity contribution in [3.05, 3.63) is 17.5 Å². The highest BCUT2D eigenvalue weighted by Gasteiger charge is 2.47. The molecule has 0 N–H and O–H groups in total. The zero-order valence-electron chi connectivity index (χ0n) is 15.6. The standard InChI is InChI=1S/C19H30N4O2/c1-4-23-16(9-13(2)20-23)19(24)22-8-7-18(25-3)15-11-21(12-17(15)22)10-14-5-6-14/h9,14-15,17-18H,4-8,10-12H2,1-3H3/t15-,17+,18-/m1/s1. The normalized spacial score (nSPS) is 29.9. The summed E-state index contributed by atoms with van der Waals surface area (Å²) in [6, 6.07) is 2.20. The molecule has 6 nitrogen and oxygen atoms in total. The number of hydrogen-bond acceptors (Lipinski definition) is 4. The van der Waals surface area contributed by atoms with Gasteiger partial charge in [0.1, 0.15) is 5.69 Å². The molecule has 4 rings (SSSR count). The van der Waals surface area contributed by atoms with Gasteiger partial charge in [-0.1, -0.05) is 0 Å². The van der Waals surface area contributed by atoms with Crippen LogP contribution in [-0.2, 0) is 11.3 Å². The average molecular weight is 346 g/mol. The minimum absolute atomic E-state index is 0.139. The van der Waals surface area contributed by atoms with Gasteiger partial charge in [-0.25, -0.2) is 0 Å². The van der Waals surface area contributed by atoms with Crippen molar-refractivity contribution in [1.82, 2.24) is 19.6 Å². The van der Waals surface area contributed by atoms with Gasteiger partial charge in [0.25, 0.3) is 5.91 Å². The van der Waals surface area contributed by atoms with Crippen LogP contribution >= 0.6 is 0 Å². The molecule has 0 radical (unpaired) electrons. The molecule has 1 saturated carbocycles. The SMILES string of the molecule is CCn1nc(C)cc1C(=O)N1CC[C@@H](OC)[C@@H]2CN(CC3CC3)C[C@@H]21. The Morgan fingerprint density at radius 3 is 2.80 bits per heavy atom. The van der Waals surface area contributed by atoms with E-state index >= 15 is 0 Å². The maximum absolute atomic E-state index is 13.3. The van der Waals surface area contributed by atoms with E-state index in [1.807, 2.05) is 31.7 Å². The van der Waals surface area contributed by atoms with Crippen LogP contribution in [0.1, 0.15) is 42.4 Å². The molecule has 1 aliphatic carbocycles. The molecule has 2 aliphatic heterocycles. The molecule has 3 fully saturated rings. The zero-order chi connectivity index (χ0) is 17.6. The van der Waals surface area contributed by atoms with E-state index in [2.05, 4.69) is 14.9 Å². The van der Waals surface area contributed by atoms with Crippen LogP contribution in [0.3, 0.4) is 0 Å². The predicted molar refractivity (Wildman–Crippen MR) is 95.5 cm³/mol. The van der Waals surface area contributed by atoms with Gasteiger partial charge in [-0.3, -0.25) is 9.48 Å². The molecule has 0 aromatic carbocycles. The van der Waals surface area contributed by atoms with Crippen molar-refractivity contribution in [1.29, 1.82) is 0 Å². The first-order chi connectivity index (χ1) is 12.1. The predicted octanol–water partition coefficient (Wildman–Crippen LogP) is 1.78. The lowest BCUT2D eigenvalue weighted by molar-refractivity contribution is -0.0160. The van der Waals surface area contributed by atoms with E-state index in [1.54, 1.807) is 0 Å². The van der Waals surface area contributed by atoms with Crippen molar-refractivity contribution in [2.24, 2.45) is 11.8 Å². The monoisotopic (exact) mass is 346 g/mol. The fraction of sp³-hybridized carbons (Fsp3) is 0.789. The minimum Gasteiger partial charge on any atom is -0.381 e. The molecule has 3 heterocycles. The topological polar surface area (TPSA) is 50.6 Å². The van der Waals surface area contributed by atoms with Crippen molar-refractivity contribution >= 4 is 5.91 Å². The van der Waals surface area contributed by atoms with Crippen LogP contribution < -0.4 is 0 Å². The maximum atomic E-state index is 13.3. The second kappa shape index (κ2) is 6.72. The first kappa shape index (κ1) is 17.0. The highest BCUT2D eigenvalue weighted by Crippen LogP contribution is 2.36. The molecular formula is C19H30N4O2. The number of nitrogens with zero attached hydrogens (tertiary/aromatic N) is 4. The average Bonchev–Trinajstić information content (AvgIpc) is 3.18. The van der Waals surface area contributed by atoms with Crippen molar-refractivity contribution in [2.75, 3.05) is 33.3 Å². The van der Waals surface area contributed by atoms with Crippen LogP contribution in [0.15, 0.2) is 6.07 Å². The Morgan fingerprint density at radius 1 is 1.32 bits per heavy atom. The van der Waals surface area contributed by atoms with E-state index in [0.29, 0.717) is 5.92 Å². The summed E-state index contributed by atoms with van der Waals surface area (Å²) < 4.78 is 7.61. The first-order valence-corrected chi connectivity index (χ1v) is 9.71. The lowest BCUT2D eigenvalue weighted by atomic mass is 9.88. The minimum atomic E-state index is 0.139. The number of aromatic nitrogens is 2. The fourth-order valence-electron chi connectivity index (χ4n) is 4.70. The number of rotatable bonds is 5. The third-order valence-corrected chi connectivity index (χ3v) is 6.14. The number of ether oxygens (including phenoxy) is 1. The molecule has 1 amide bonds. The number of carbonyl (C=O) groups excluding carboxylic acids is 1. The van der Waals surface area contributed by atoms with Gasteiger partial charge in [-0.05, 0) is 45.1 Å². The smallest absolute Gasteiger partial charge is 0.272 e. The largest absolute Gasteiger partial charge is 0.381 e. The number of piperidine rings is 1. The van der Waals surface area contributed by atoms with E-state index in [9.17, 15) is 4.79 Å². The van der Waals surface area contributed by atoms with Crippen molar-refractivity contribution in [3.8, 4) is 0 Å². The number of amides is 1. The third-order valence-electron chi connectivity index (χ3n) is 6.14. The summed E-state index contributed by atoms with van der Waals surface area (Å²) in [5.41, 5.74) is 1.64. The van der Waals surface area contributed by atoms with Gasteiger partial charge in [0, 0.05) is 45.8 Å². The van der Waals surface area contributed by atoms with Gasteiger partial charge < -0.3 is 14.5 Å². The Labute approximate surface area is 150 Å². The molecule has 6 heteroatoms. The molecule has 1 aromatic rings. The van der Waals surface area contributed by atoms with Crippen LogP contribution in [0.25, 0.3) is 0 Å². The van der Waals surface area contributed by atoms with Gasteiger partial charge in [0.2, 0.25) is 0 Å². The van der Waals surface area contributed by atoms with E-state index in [0.717, 1.165) is 49.9 Å². The maximum Gasteiger partial charge on any atom is 0.272 e. The second-order valence-corrected chi connectivity index (χ2v) is 7.94. The molecule has 2 saturated heterocycles. The Hall–Kier alpha value is -1.40.